The van der Waals surface area contributed by atoms with Crippen LogP contribution in [0.3, 0.4) is 0 Å². The minimum Gasteiger partial charge on any atom is -0.292 e. The van der Waals surface area contributed by atoms with Gasteiger partial charge in [0.05, 0.1) is 22.1 Å². The lowest BCUT2D eigenvalue weighted by Crippen LogP contribution is -2.01. The number of aromatic nitrogens is 7. The van der Waals surface area contributed by atoms with Gasteiger partial charge in [-0.3, -0.25) is 9.13 Å². The zero-order valence-corrected chi connectivity index (χ0v) is 35.6. The van der Waals surface area contributed by atoms with Crippen molar-refractivity contribution in [2.75, 3.05) is 0 Å². The van der Waals surface area contributed by atoms with E-state index in [0.29, 0.717) is 17.5 Å². The first-order chi connectivity index (χ1) is 32.7. The molecule has 3 heterocycles. The Kier molecular flexibility index (Phi) is 9.69. The summed E-state index contributed by atoms with van der Waals surface area (Å²) in [6.07, 6.45) is 0. The van der Waals surface area contributed by atoms with Crippen molar-refractivity contribution in [3.8, 4) is 90.6 Å². The third-order valence-electron chi connectivity index (χ3n) is 12.1. The molecule has 0 spiro atoms. The molecule has 12 rings (SSSR count). The lowest BCUT2D eigenvalue weighted by Gasteiger charge is -2.12. The van der Waals surface area contributed by atoms with E-state index < -0.39 is 0 Å². The van der Waals surface area contributed by atoms with Crippen LogP contribution in [-0.4, -0.2) is 34.1 Å². The van der Waals surface area contributed by atoms with E-state index in [-0.39, 0.29) is 0 Å². The number of fused-ring (bicyclic) bond motifs is 2. The van der Waals surface area contributed by atoms with Crippen LogP contribution >= 0.6 is 0 Å². The van der Waals surface area contributed by atoms with Crippen LogP contribution < -0.4 is 0 Å². The molecule has 12 aromatic rings. The van der Waals surface area contributed by atoms with Gasteiger partial charge in [-0.15, -0.1) is 0 Å². The minimum atomic E-state index is 0.584. The molecule has 0 amide bonds. The molecule has 7 heteroatoms. The van der Waals surface area contributed by atoms with Gasteiger partial charge in [-0.2, -0.15) is 0 Å². The number of imidazole rings is 2. The first-order valence-electron chi connectivity index (χ1n) is 22.0. The summed E-state index contributed by atoms with van der Waals surface area (Å²) in [6.45, 7) is 0. The number of hydrogen-bond acceptors (Lipinski definition) is 5. The number of para-hydroxylation sites is 4. The largest absolute Gasteiger partial charge is 0.292 e. The van der Waals surface area contributed by atoms with Gasteiger partial charge in [-0.05, 0) is 70.8 Å². The molecule has 66 heavy (non-hydrogen) atoms. The third kappa shape index (κ3) is 7.20. The molecule has 0 saturated carbocycles. The molecular weight excluding hydrogens is 807 g/mol. The fraction of sp³-hybridized carbons (Fsp3) is 0. The highest BCUT2D eigenvalue weighted by atomic mass is 15.1. The van der Waals surface area contributed by atoms with Crippen LogP contribution in [0, 0.1) is 0 Å². The van der Waals surface area contributed by atoms with Crippen LogP contribution in [0.2, 0.25) is 0 Å². The van der Waals surface area contributed by atoms with E-state index in [2.05, 4.69) is 191 Å². The van der Waals surface area contributed by atoms with Gasteiger partial charge in [0, 0.05) is 39.2 Å². The molecule has 0 atom stereocenters. The molecule has 3 aromatic heterocycles. The molecule has 9 aromatic carbocycles. The first-order valence-corrected chi connectivity index (χ1v) is 22.0. The maximum atomic E-state index is 5.14. The van der Waals surface area contributed by atoms with Gasteiger partial charge in [0.1, 0.15) is 11.6 Å². The molecule has 0 aliphatic heterocycles. The predicted octanol–water partition coefficient (Wildman–Crippen LogP) is 14.2. The lowest BCUT2D eigenvalue weighted by molar-refractivity contribution is 1.07. The zero-order valence-electron chi connectivity index (χ0n) is 35.6. The number of benzene rings is 9. The van der Waals surface area contributed by atoms with Gasteiger partial charge in [0.15, 0.2) is 17.5 Å². The first kappa shape index (κ1) is 38.6. The van der Waals surface area contributed by atoms with Crippen LogP contribution in [0.25, 0.3) is 113 Å². The van der Waals surface area contributed by atoms with E-state index in [4.69, 9.17) is 24.9 Å². The van der Waals surface area contributed by atoms with Gasteiger partial charge < -0.3 is 0 Å². The molecule has 0 fully saturated rings. The van der Waals surface area contributed by atoms with Crippen molar-refractivity contribution >= 4 is 22.1 Å². The molecule has 0 bridgehead atoms. The lowest BCUT2D eigenvalue weighted by atomic mass is 10.1. The number of rotatable bonds is 9. The Bertz CT molecular complexity index is 3420. The summed E-state index contributed by atoms with van der Waals surface area (Å²) >= 11 is 0. The molecule has 0 radical (unpaired) electrons. The highest BCUT2D eigenvalue weighted by Gasteiger charge is 2.19. The van der Waals surface area contributed by atoms with Crippen LogP contribution in [-0.2, 0) is 0 Å². The SMILES string of the molecule is c1ccc(-c2ccc(-n3c(-c4ccc(-c5nc(-c6ccccc6)nc(-c6ccc(-c7nc8ccccc8n7-c7ccc(-c8ccccc8)cc7)cc6)n5)cc4)nc4ccccc43)cc2)cc1. The van der Waals surface area contributed by atoms with E-state index in [1.54, 1.807) is 0 Å². The van der Waals surface area contributed by atoms with Gasteiger partial charge in [-0.1, -0.05) is 188 Å². The van der Waals surface area contributed by atoms with Gasteiger partial charge >= 0.3 is 0 Å². The summed E-state index contributed by atoms with van der Waals surface area (Å²) in [5.74, 6) is 3.48. The van der Waals surface area contributed by atoms with Crippen LogP contribution in [0.5, 0.6) is 0 Å². The Hall–Kier alpha value is -9.07. The van der Waals surface area contributed by atoms with Crippen molar-refractivity contribution in [1.82, 2.24) is 34.1 Å². The standard InChI is InChI=1S/C59H39N7/c1-4-14-40(15-5-1)42-32-36-49(37-33-42)65-53-22-12-10-20-51(53)60-58(65)47-28-24-45(25-29-47)56-62-55(44-18-8-3-9-19-44)63-57(64-56)46-26-30-48(31-27-46)59-61-52-21-11-13-23-54(52)66(59)50-38-34-43(35-39-50)41-16-6-2-7-17-41/h1-39H. The van der Waals surface area contributed by atoms with Crippen molar-refractivity contribution in [2.24, 2.45) is 0 Å². The summed E-state index contributed by atoms with van der Waals surface area (Å²) in [5.41, 5.74) is 15.3. The van der Waals surface area contributed by atoms with Crippen molar-refractivity contribution < 1.29 is 0 Å². The van der Waals surface area contributed by atoms with Crippen LogP contribution in [0.15, 0.2) is 237 Å². The van der Waals surface area contributed by atoms with Crippen LogP contribution in [0.1, 0.15) is 0 Å². The maximum absolute atomic E-state index is 5.14. The average molecular weight is 846 g/mol. The summed E-state index contributed by atoms with van der Waals surface area (Å²) in [6, 6.07) is 81.6. The molecule has 0 aliphatic carbocycles. The van der Waals surface area contributed by atoms with Crippen molar-refractivity contribution in [1.29, 1.82) is 0 Å². The minimum absolute atomic E-state index is 0.584. The second kappa shape index (κ2) is 16.6. The zero-order chi connectivity index (χ0) is 43.8. The second-order valence-electron chi connectivity index (χ2n) is 16.2. The fourth-order valence-electron chi connectivity index (χ4n) is 8.72. The van der Waals surface area contributed by atoms with Gasteiger partial charge in [-0.25, -0.2) is 24.9 Å². The monoisotopic (exact) mass is 845 g/mol. The Morgan fingerprint density at radius 3 is 0.864 bits per heavy atom. The quantitative estimate of drug-likeness (QED) is 0.145. The smallest absolute Gasteiger partial charge is 0.164 e. The van der Waals surface area contributed by atoms with Crippen molar-refractivity contribution in [2.45, 2.75) is 0 Å². The Labute approximate surface area is 381 Å². The third-order valence-corrected chi connectivity index (χ3v) is 12.1. The topological polar surface area (TPSA) is 74.3 Å². The number of hydrogen-bond donors (Lipinski definition) is 0. The van der Waals surface area contributed by atoms with E-state index >= 15 is 0 Å². The summed E-state index contributed by atoms with van der Waals surface area (Å²) in [5, 5.41) is 0. The summed E-state index contributed by atoms with van der Waals surface area (Å²) in [7, 11) is 0. The summed E-state index contributed by atoms with van der Waals surface area (Å²) < 4.78 is 4.46. The van der Waals surface area contributed by atoms with E-state index in [9.17, 15) is 0 Å². The van der Waals surface area contributed by atoms with E-state index in [1.165, 1.54) is 22.3 Å². The maximum Gasteiger partial charge on any atom is 0.164 e. The molecule has 0 saturated heterocycles. The molecule has 0 unspecified atom stereocenters. The molecule has 0 N–H and O–H groups in total. The second-order valence-corrected chi connectivity index (χ2v) is 16.2. The average Bonchev–Trinajstić information content (AvgIpc) is 3.99. The van der Waals surface area contributed by atoms with Gasteiger partial charge in [0.25, 0.3) is 0 Å². The fourth-order valence-corrected chi connectivity index (χ4v) is 8.72. The molecule has 310 valence electrons. The Morgan fingerprint density at radius 2 is 0.485 bits per heavy atom. The van der Waals surface area contributed by atoms with Crippen molar-refractivity contribution in [3.05, 3.63) is 237 Å². The predicted molar refractivity (Wildman–Crippen MR) is 267 cm³/mol. The molecule has 0 aliphatic rings. The highest BCUT2D eigenvalue weighted by Crippen LogP contribution is 2.34. The Morgan fingerprint density at radius 1 is 0.212 bits per heavy atom. The van der Waals surface area contributed by atoms with E-state index in [1.807, 2.05) is 54.6 Å². The normalized spacial score (nSPS) is 11.3. The molecular formula is C59H39N7. The highest BCUT2D eigenvalue weighted by molar-refractivity contribution is 5.85. The molecule has 7 nitrogen and oxygen atoms in total. The van der Waals surface area contributed by atoms with E-state index in [0.717, 1.165) is 72.9 Å². The van der Waals surface area contributed by atoms with Crippen molar-refractivity contribution in [3.63, 3.8) is 0 Å². The number of nitrogens with zero attached hydrogens (tertiary/aromatic N) is 7. The summed E-state index contributed by atoms with van der Waals surface area (Å²) in [4.78, 5) is 25.5. The van der Waals surface area contributed by atoms with Crippen LogP contribution in [0.4, 0.5) is 0 Å². The Balaban J connectivity index is 0.897. The van der Waals surface area contributed by atoms with Gasteiger partial charge in [0.2, 0.25) is 0 Å².